The van der Waals surface area contributed by atoms with Crippen LogP contribution >= 0.6 is 11.6 Å². The maximum Gasteiger partial charge on any atom is 0.226 e. The predicted octanol–water partition coefficient (Wildman–Crippen LogP) is 1.78. The summed E-state index contributed by atoms with van der Waals surface area (Å²) in [5, 5.41) is 12.4. The highest BCUT2D eigenvalue weighted by Gasteiger charge is 2.33. The third kappa shape index (κ3) is 4.15. The SMILES string of the molecule is O=C(NCCc1nnc2n1CCCCC2)C1CNNC1c1ccc(Cl)cc1. The van der Waals surface area contributed by atoms with Crippen LogP contribution in [0.1, 0.15) is 42.5 Å². The Hall–Kier alpha value is -1.96. The van der Waals surface area contributed by atoms with Crippen molar-refractivity contribution in [3.63, 3.8) is 0 Å². The first-order valence-corrected chi connectivity index (χ1v) is 10.0. The van der Waals surface area contributed by atoms with Crippen molar-refractivity contribution in [1.82, 2.24) is 30.9 Å². The highest BCUT2D eigenvalue weighted by molar-refractivity contribution is 6.30. The normalized spacial score (nSPS) is 22.3. The van der Waals surface area contributed by atoms with Gasteiger partial charge in [-0.15, -0.1) is 10.2 Å². The minimum absolute atomic E-state index is 0.0445. The van der Waals surface area contributed by atoms with Gasteiger partial charge in [-0.05, 0) is 30.5 Å². The Morgan fingerprint density at radius 2 is 2.07 bits per heavy atom. The van der Waals surface area contributed by atoms with Gasteiger partial charge < -0.3 is 9.88 Å². The molecule has 8 heteroatoms. The van der Waals surface area contributed by atoms with E-state index in [0.29, 0.717) is 24.5 Å². The molecule has 3 heterocycles. The number of aromatic nitrogens is 3. The molecule has 7 nitrogen and oxygen atoms in total. The van der Waals surface area contributed by atoms with Gasteiger partial charge in [-0.25, -0.2) is 5.43 Å². The van der Waals surface area contributed by atoms with Crippen LogP contribution < -0.4 is 16.2 Å². The molecule has 2 aliphatic heterocycles. The van der Waals surface area contributed by atoms with Gasteiger partial charge in [-0.2, -0.15) is 0 Å². The number of nitrogens with one attached hydrogen (secondary N) is 3. The highest BCUT2D eigenvalue weighted by atomic mass is 35.5. The van der Waals surface area contributed by atoms with E-state index >= 15 is 0 Å². The van der Waals surface area contributed by atoms with Crippen molar-refractivity contribution >= 4 is 17.5 Å². The average molecular weight is 389 g/mol. The minimum atomic E-state index is -0.165. The highest BCUT2D eigenvalue weighted by Crippen LogP contribution is 2.26. The van der Waals surface area contributed by atoms with Crippen LogP contribution in [0.5, 0.6) is 0 Å². The van der Waals surface area contributed by atoms with E-state index in [1.807, 2.05) is 24.3 Å². The van der Waals surface area contributed by atoms with E-state index in [0.717, 1.165) is 30.2 Å². The molecule has 1 fully saturated rings. The maximum absolute atomic E-state index is 12.7. The molecule has 0 radical (unpaired) electrons. The van der Waals surface area contributed by atoms with Crippen molar-refractivity contribution in [3.05, 3.63) is 46.5 Å². The van der Waals surface area contributed by atoms with Crippen molar-refractivity contribution in [2.24, 2.45) is 5.92 Å². The zero-order valence-electron chi connectivity index (χ0n) is 15.2. The maximum atomic E-state index is 12.7. The molecular weight excluding hydrogens is 364 g/mol. The fourth-order valence-electron chi connectivity index (χ4n) is 3.89. The molecule has 2 aliphatic rings. The Labute approximate surface area is 163 Å². The predicted molar refractivity (Wildman–Crippen MR) is 103 cm³/mol. The van der Waals surface area contributed by atoms with Crippen LogP contribution in [-0.2, 0) is 24.2 Å². The van der Waals surface area contributed by atoms with Crippen LogP contribution in [0.15, 0.2) is 24.3 Å². The summed E-state index contributed by atoms with van der Waals surface area (Å²) in [4.78, 5) is 12.7. The Balaban J connectivity index is 1.34. The Morgan fingerprint density at radius 3 is 2.93 bits per heavy atom. The van der Waals surface area contributed by atoms with Crippen LogP contribution in [0.2, 0.25) is 5.02 Å². The van der Waals surface area contributed by atoms with Gasteiger partial charge in [0.15, 0.2) is 0 Å². The molecule has 3 N–H and O–H groups in total. The van der Waals surface area contributed by atoms with Gasteiger partial charge in [-0.3, -0.25) is 10.2 Å². The Kier molecular flexibility index (Phi) is 5.71. The van der Waals surface area contributed by atoms with Crippen molar-refractivity contribution in [2.45, 2.75) is 44.7 Å². The van der Waals surface area contributed by atoms with Gasteiger partial charge in [0.1, 0.15) is 11.6 Å². The molecule has 1 saturated heterocycles. The van der Waals surface area contributed by atoms with Crippen molar-refractivity contribution in [2.75, 3.05) is 13.1 Å². The summed E-state index contributed by atoms with van der Waals surface area (Å²) < 4.78 is 2.23. The molecule has 0 saturated carbocycles. The Morgan fingerprint density at radius 1 is 1.22 bits per heavy atom. The van der Waals surface area contributed by atoms with Gasteiger partial charge in [0.2, 0.25) is 5.91 Å². The molecule has 144 valence electrons. The lowest BCUT2D eigenvalue weighted by atomic mass is 9.94. The number of carbonyl (C=O) groups excluding carboxylic acids is 1. The van der Waals surface area contributed by atoms with Crippen LogP contribution in [0, 0.1) is 5.92 Å². The van der Waals surface area contributed by atoms with Crippen molar-refractivity contribution in [1.29, 1.82) is 0 Å². The topological polar surface area (TPSA) is 83.9 Å². The van der Waals surface area contributed by atoms with E-state index in [4.69, 9.17) is 11.6 Å². The molecule has 27 heavy (non-hydrogen) atoms. The molecule has 1 aromatic carbocycles. The third-order valence-electron chi connectivity index (χ3n) is 5.38. The smallest absolute Gasteiger partial charge is 0.226 e. The van der Waals surface area contributed by atoms with E-state index in [2.05, 4.69) is 30.9 Å². The number of hydrogen-bond donors (Lipinski definition) is 3. The van der Waals surface area contributed by atoms with E-state index in [9.17, 15) is 4.79 Å². The number of nitrogens with zero attached hydrogens (tertiary/aromatic N) is 3. The largest absolute Gasteiger partial charge is 0.355 e. The molecule has 2 aromatic rings. The van der Waals surface area contributed by atoms with E-state index in [1.165, 1.54) is 19.3 Å². The molecule has 2 atom stereocenters. The summed E-state index contributed by atoms with van der Waals surface area (Å²) in [6, 6.07) is 7.55. The summed E-state index contributed by atoms with van der Waals surface area (Å²) in [7, 11) is 0. The summed E-state index contributed by atoms with van der Waals surface area (Å²) in [5.41, 5.74) is 7.34. The average Bonchev–Trinajstić information content (AvgIpc) is 3.24. The molecule has 0 bridgehead atoms. The van der Waals surface area contributed by atoms with Crippen LogP contribution in [0.3, 0.4) is 0 Å². The van der Waals surface area contributed by atoms with Crippen LogP contribution in [-0.4, -0.2) is 33.8 Å². The lowest BCUT2D eigenvalue weighted by Crippen LogP contribution is -2.36. The lowest BCUT2D eigenvalue weighted by Gasteiger charge is -2.18. The van der Waals surface area contributed by atoms with Crippen molar-refractivity contribution in [3.8, 4) is 0 Å². The number of hydrazine groups is 1. The molecule has 1 amide bonds. The molecular formula is C19H25ClN6O. The third-order valence-corrected chi connectivity index (χ3v) is 5.63. The number of fused-ring (bicyclic) bond motifs is 1. The van der Waals surface area contributed by atoms with E-state index in [-0.39, 0.29) is 17.9 Å². The first-order chi connectivity index (χ1) is 13.2. The standard InChI is InChI=1S/C19H25ClN6O/c20-14-7-5-13(6-8-14)18-15(12-22-25-18)19(27)21-10-9-17-24-23-16-4-2-1-3-11-26(16)17/h5-8,15,18,22,25H,1-4,9-12H2,(H,21,27). The molecule has 2 unspecified atom stereocenters. The van der Waals surface area contributed by atoms with E-state index in [1.54, 1.807) is 0 Å². The second-order valence-electron chi connectivity index (χ2n) is 7.20. The second-order valence-corrected chi connectivity index (χ2v) is 7.63. The quantitative estimate of drug-likeness (QED) is 0.727. The monoisotopic (exact) mass is 388 g/mol. The van der Waals surface area contributed by atoms with Gasteiger partial charge in [0, 0.05) is 37.5 Å². The zero-order chi connectivity index (χ0) is 18.6. The van der Waals surface area contributed by atoms with E-state index < -0.39 is 0 Å². The fourth-order valence-corrected chi connectivity index (χ4v) is 4.01. The summed E-state index contributed by atoms with van der Waals surface area (Å²) >= 11 is 5.97. The second kappa shape index (κ2) is 8.37. The first kappa shape index (κ1) is 18.4. The molecule has 0 aliphatic carbocycles. The van der Waals surface area contributed by atoms with Crippen LogP contribution in [0.4, 0.5) is 0 Å². The molecule has 4 rings (SSSR count). The summed E-state index contributed by atoms with van der Waals surface area (Å²) in [6.07, 6.45) is 5.31. The van der Waals surface area contributed by atoms with Gasteiger partial charge >= 0.3 is 0 Å². The number of halogens is 1. The lowest BCUT2D eigenvalue weighted by molar-refractivity contribution is -0.124. The summed E-state index contributed by atoms with van der Waals surface area (Å²) in [5.74, 6) is 1.94. The number of rotatable bonds is 5. The number of aryl methyl sites for hydroxylation is 1. The fraction of sp³-hybridized carbons (Fsp3) is 0.526. The Bertz CT molecular complexity index is 790. The zero-order valence-corrected chi connectivity index (χ0v) is 16.0. The minimum Gasteiger partial charge on any atom is -0.355 e. The van der Waals surface area contributed by atoms with Gasteiger partial charge in [-0.1, -0.05) is 30.2 Å². The van der Waals surface area contributed by atoms with Gasteiger partial charge in [0.25, 0.3) is 0 Å². The number of amides is 1. The first-order valence-electron chi connectivity index (χ1n) is 9.65. The molecule has 0 spiro atoms. The van der Waals surface area contributed by atoms with Crippen molar-refractivity contribution < 1.29 is 4.79 Å². The van der Waals surface area contributed by atoms with Gasteiger partial charge in [0.05, 0.1) is 12.0 Å². The van der Waals surface area contributed by atoms with Crippen LogP contribution in [0.25, 0.3) is 0 Å². The number of carbonyl (C=O) groups is 1. The number of benzene rings is 1. The molecule has 1 aromatic heterocycles. The number of hydrogen-bond acceptors (Lipinski definition) is 5. The summed E-state index contributed by atoms with van der Waals surface area (Å²) in [6.45, 7) is 2.15.